The number of benzene rings is 3. The van der Waals surface area contributed by atoms with Crippen LogP contribution in [0.3, 0.4) is 0 Å². The van der Waals surface area contributed by atoms with E-state index >= 15 is 0 Å². The first kappa shape index (κ1) is 25.8. The number of nitrogens with one attached hydrogen (secondary N) is 3. The van der Waals surface area contributed by atoms with Gasteiger partial charge in [0.15, 0.2) is 5.11 Å². The van der Waals surface area contributed by atoms with Gasteiger partial charge in [-0.25, -0.2) is 14.2 Å². The van der Waals surface area contributed by atoms with Crippen LogP contribution in [0.15, 0.2) is 79.0 Å². The van der Waals surface area contributed by atoms with Crippen LogP contribution in [0, 0.1) is 5.82 Å². The summed E-state index contributed by atoms with van der Waals surface area (Å²) in [6, 6.07) is 17.4. The molecule has 3 N–H and O–H groups in total. The number of anilines is 2. The first-order valence-corrected chi connectivity index (χ1v) is 11.4. The standard InChI is InChI=1S/C26H20F4N4O2S/c1-15(16-6-8-19(27)9-7-16)32-24(37)33-20-10-11-22(21(13-20)26(28,29)30)34-25(35)36-23-12-17-4-2-3-5-18(17)14-31-23/h2-15H,1H3,(H,34,35)(H2,32,33,37). The third kappa shape index (κ3) is 6.70. The van der Waals surface area contributed by atoms with E-state index < -0.39 is 23.5 Å². The molecule has 37 heavy (non-hydrogen) atoms. The van der Waals surface area contributed by atoms with Gasteiger partial charge in [0, 0.05) is 23.3 Å². The van der Waals surface area contributed by atoms with Crippen LogP contribution in [-0.4, -0.2) is 16.2 Å². The van der Waals surface area contributed by atoms with Crippen LogP contribution >= 0.6 is 12.2 Å². The van der Waals surface area contributed by atoms with E-state index in [1.54, 1.807) is 31.2 Å². The molecule has 4 rings (SSSR count). The lowest BCUT2D eigenvalue weighted by Crippen LogP contribution is -2.31. The Labute approximate surface area is 214 Å². The number of hydrogen-bond acceptors (Lipinski definition) is 4. The highest BCUT2D eigenvalue weighted by Crippen LogP contribution is 2.37. The van der Waals surface area contributed by atoms with Crippen LogP contribution < -0.4 is 20.7 Å². The minimum absolute atomic E-state index is 0.0474. The van der Waals surface area contributed by atoms with E-state index in [1.165, 1.54) is 30.5 Å². The van der Waals surface area contributed by atoms with Crippen LogP contribution in [-0.2, 0) is 6.18 Å². The Morgan fingerprint density at radius 2 is 1.68 bits per heavy atom. The van der Waals surface area contributed by atoms with E-state index in [9.17, 15) is 22.4 Å². The van der Waals surface area contributed by atoms with Gasteiger partial charge >= 0.3 is 12.3 Å². The van der Waals surface area contributed by atoms with E-state index in [0.29, 0.717) is 0 Å². The number of alkyl halides is 3. The van der Waals surface area contributed by atoms with Gasteiger partial charge < -0.3 is 15.4 Å². The molecule has 0 spiro atoms. The summed E-state index contributed by atoms with van der Waals surface area (Å²) >= 11 is 5.21. The van der Waals surface area contributed by atoms with Crippen LogP contribution in [0.5, 0.6) is 5.88 Å². The smallest absolute Gasteiger partial charge is 0.391 e. The number of carbonyl (C=O) groups excluding carboxylic acids is 1. The second kappa shape index (κ2) is 10.8. The van der Waals surface area contributed by atoms with Crippen LogP contribution in [0.2, 0.25) is 0 Å². The molecule has 190 valence electrons. The van der Waals surface area contributed by atoms with Crippen molar-refractivity contribution in [2.24, 2.45) is 0 Å². The minimum Gasteiger partial charge on any atom is -0.391 e. The summed E-state index contributed by atoms with van der Waals surface area (Å²) in [4.78, 5) is 16.3. The Morgan fingerprint density at radius 1 is 0.973 bits per heavy atom. The van der Waals surface area contributed by atoms with E-state index in [0.717, 1.165) is 28.5 Å². The number of hydrogen-bond donors (Lipinski definition) is 3. The molecule has 0 radical (unpaired) electrons. The monoisotopic (exact) mass is 528 g/mol. The average molecular weight is 529 g/mol. The zero-order valence-corrected chi connectivity index (χ0v) is 20.1. The fourth-order valence-corrected chi connectivity index (χ4v) is 3.81. The summed E-state index contributed by atoms with van der Waals surface area (Å²) in [6.07, 6.45) is -4.41. The molecular weight excluding hydrogens is 508 g/mol. The number of halogens is 4. The maximum atomic E-state index is 13.8. The van der Waals surface area contributed by atoms with Gasteiger partial charge in [-0.3, -0.25) is 5.32 Å². The third-order valence-electron chi connectivity index (χ3n) is 5.34. The molecule has 0 saturated carbocycles. The number of rotatable bonds is 5. The lowest BCUT2D eigenvalue weighted by atomic mass is 10.1. The summed E-state index contributed by atoms with van der Waals surface area (Å²) in [7, 11) is 0. The first-order chi connectivity index (χ1) is 17.6. The van der Waals surface area contributed by atoms with Gasteiger partial charge in [0.1, 0.15) is 5.82 Å². The molecule has 1 amide bonds. The number of ether oxygens (including phenoxy) is 1. The van der Waals surface area contributed by atoms with Gasteiger partial charge in [-0.2, -0.15) is 13.2 Å². The van der Waals surface area contributed by atoms with Gasteiger partial charge in [0.05, 0.1) is 17.3 Å². The zero-order valence-electron chi connectivity index (χ0n) is 19.3. The Bertz CT molecular complexity index is 1440. The summed E-state index contributed by atoms with van der Waals surface area (Å²) in [5, 5.41) is 9.38. The molecule has 0 saturated heterocycles. The summed E-state index contributed by atoms with van der Waals surface area (Å²) < 4.78 is 59.5. The van der Waals surface area contributed by atoms with Crippen molar-refractivity contribution in [2.45, 2.75) is 19.1 Å². The van der Waals surface area contributed by atoms with Gasteiger partial charge in [-0.1, -0.05) is 36.4 Å². The second-order valence-corrected chi connectivity index (χ2v) is 8.42. The number of pyridine rings is 1. The van der Waals surface area contributed by atoms with Crippen molar-refractivity contribution in [2.75, 3.05) is 10.6 Å². The second-order valence-electron chi connectivity index (χ2n) is 8.01. The van der Waals surface area contributed by atoms with Gasteiger partial charge in [-0.05, 0) is 60.4 Å². The van der Waals surface area contributed by atoms with Crippen LogP contribution in [0.1, 0.15) is 24.1 Å². The largest absolute Gasteiger partial charge is 0.418 e. The number of aromatic nitrogens is 1. The number of nitrogens with zero attached hydrogens (tertiary/aromatic N) is 1. The van der Waals surface area contributed by atoms with Crippen molar-refractivity contribution in [1.29, 1.82) is 0 Å². The third-order valence-corrected chi connectivity index (χ3v) is 5.56. The molecule has 3 aromatic carbocycles. The number of fused-ring (bicyclic) bond motifs is 1. The molecule has 0 bridgehead atoms. The van der Waals surface area contributed by atoms with E-state index in [4.69, 9.17) is 17.0 Å². The number of thiocarbonyl (C=S) groups is 1. The van der Waals surface area contributed by atoms with Crippen molar-refractivity contribution in [1.82, 2.24) is 10.3 Å². The lowest BCUT2D eigenvalue weighted by Gasteiger charge is -2.19. The summed E-state index contributed by atoms with van der Waals surface area (Å²) in [5.74, 6) is -0.447. The van der Waals surface area contributed by atoms with Crippen LogP contribution in [0.4, 0.5) is 33.7 Å². The topological polar surface area (TPSA) is 75.3 Å². The van der Waals surface area contributed by atoms with Crippen molar-refractivity contribution in [3.63, 3.8) is 0 Å². The summed E-state index contributed by atoms with van der Waals surface area (Å²) in [5.41, 5.74) is -0.815. The fraction of sp³-hybridized carbons (Fsp3) is 0.115. The average Bonchev–Trinajstić information content (AvgIpc) is 2.84. The van der Waals surface area contributed by atoms with Gasteiger partial charge in [0.2, 0.25) is 5.88 Å². The molecular formula is C26H20F4N4O2S. The summed E-state index contributed by atoms with van der Waals surface area (Å²) in [6.45, 7) is 1.77. The molecule has 0 aliphatic carbocycles. The quantitative estimate of drug-likeness (QED) is 0.190. The van der Waals surface area contributed by atoms with E-state index in [2.05, 4.69) is 20.9 Å². The van der Waals surface area contributed by atoms with Gasteiger partial charge in [-0.15, -0.1) is 0 Å². The molecule has 11 heteroatoms. The number of amides is 1. The zero-order chi connectivity index (χ0) is 26.6. The van der Waals surface area contributed by atoms with Crippen molar-refractivity contribution in [3.05, 3.63) is 95.9 Å². The van der Waals surface area contributed by atoms with Crippen molar-refractivity contribution >= 4 is 45.6 Å². The number of carbonyl (C=O) groups is 1. The predicted molar refractivity (Wildman–Crippen MR) is 137 cm³/mol. The maximum Gasteiger partial charge on any atom is 0.418 e. The lowest BCUT2D eigenvalue weighted by molar-refractivity contribution is -0.136. The highest BCUT2D eigenvalue weighted by Gasteiger charge is 2.34. The highest BCUT2D eigenvalue weighted by molar-refractivity contribution is 7.80. The molecule has 4 aromatic rings. The van der Waals surface area contributed by atoms with Crippen molar-refractivity contribution < 1.29 is 27.1 Å². The highest BCUT2D eigenvalue weighted by atomic mass is 32.1. The minimum atomic E-state index is -4.78. The Morgan fingerprint density at radius 3 is 2.38 bits per heavy atom. The van der Waals surface area contributed by atoms with E-state index in [1.807, 2.05) is 12.1 Å². The maximum absolute atomic E-state index is 13.8. The van der Waals surface area contributed by atoms with Crippen molar-refractivity contribution in [3.8, 4) is 5.88 Å². The SMILES string of the molecule is CC(NC(=S)Nc1ccc(NC(=O)Oc2cc3ccccc3cn2)c(C(F)(F)F)c1)c1ccc(F)cc1. The molecule has 1 unspecified atom stereocenters. The van der Waals surface area contributed by atoms with Crippen LogP contribution in [0.25, 0.3) is 10.8 Å². The van der Waals surface area contributed by atoms with E-state index in [-0.39, 0.29) is 28.5 Å². The normalized spacial score (nSPS) is 12.0. The molecule has 0 aliphatic rings. The molecule has 1 aromatic heterocycles. The molecule has 0 fully saturated rings. The molecule has 0 aliphatic heterocycles. The Balaban J connectivity index is 1.44. The first-order valence-electron chi connectivity index (χ1n) is 11.0. The molecule has 6 nitrogen and oxygen atoms in total. The van der Waals surface area contributed by atoms with Gasteiger partial charge in [0.25, 0.3) is 0 Å². The Kier molecular flexibility index (Phi) is 7.53. The molecule has 1 heterocycles. The predicted octanol–water partition coefficient (Wildman–Crippen LogP) is 7.05. The molecule has 1 atom stereocenters. The fourth-order valence-electron chi connectivity index (χ4n) is 3.51. The Hall–Kier alpha value is -4.25.